The van der Waals surface area contributed by atoms with Gasteiger partial charge >= 0.3 is 6.18 Å². The molecule has 0 spiro atoms. The lowest BCUT2D eigenvalue weighted by Gasteiger charge is -2.39. The van der Waals surface area contributed by atoms with Crippen LogP contribution < -0.4 is 19.7 Å². The predicted molar refractivity (Wildman–Crippen MR) is 123 cm³/mol. The third-order valence-electron chi connectivity index (χ3n) is 6.81. The van der Waals surface area contributed by atoms with Gasteiger partial charge in [0.25, 0.3) is 0 Å². The highest BCUT2D eigenvalue weighted by atomic mass is 19.4. The monoisotopic (exact) mass is 491 g/mol. The van der Waals surface area contributed by atoms with E-state index in [-0.39, 0.29) is 17.8 Å². The first-order valence-electron chi connectivity index (χ1n) is 11.7. The maximum atomic E-state index is 12.8. The molecule has 3 aromatic rings. The summed E-state index contributed by atoms with van der Waals surface area (Å²) in [4.78, 5) is 6.96. The average molecular weight is 492 g/mol. The molecule has 35 heavy (non-hydrogen) atoms. The van der Waals surface area contributed by atoms with E-state index in [4.69, 9.17) is 9.47 Å². The number of piperidine rings is 1. The Morgan fingerprint density at radius 3 is 2.57 bits per heavy atom. The van der Waals surface area contributed by atoms with Crippen LogP contribution in [0, 0.1) is 11.8 Å². The molecule has 0 amide bonds. The zero-order chi connectivity index (χ0) is 24.7. The molecule has 4 heterocycles. The molecule has 1 N–H and O–H groups in total. The van der Waals surface area contributed by atoms with Gasteiger partial charge in [-0.05, 0) is 42.2 Å². The Kier molecular flexibility index (Phi) is 6.06. The van der Waals surface area contributed by atoms with Crippen LogP contribution in [0.5, 0.6) is 11.8 Å². The van der Waals surface area contributed by atoms with Crippen LogP contribution >= 0.6 is 0 Å². The highest BCUT2D eigenvalue weighted by Crippen LogP contribution is 2.40. The van der Waals surface area contributed by atoms with Crippen molar-refractivity contribution in [2.45, 2.75) is 44.8 Å². The number of alkyl halides is 3. The summed E-state index contributed by atoms with van der Waals surface area (Å²) in [5.74, 6) is 1.75. The normalized spacial score (nSPS) is 22.1. The SMILES string of the molecule is COc1cc(N2CC3CC[C@H](C2)C3Nc2nc3c(C(C)C)ccc(OCC(F)(F)F)n3n2)cnn1. The Labute approximate surface area is 200 Å². The van der Waals surface area contributed by atoms with E-state index in [1.165, 1.54) is 10.6 Å². The van der Waals surface area contributed by atoms with Gasteiger partial charge in [0.05, 0.1) is 19.0 Å². The molecule has 12 heteroatoms. The molecule has 3 atom stereocenters. The minimum atomic E-state index is -4.44. The van der Waals surface area contributed by atoms with Gasteiger partial charge in [-0.25, -0.2) is 0 Å². The summed E-state index contributed by atoms with van der Waals surface area (Å²) in [5.41, 5.74) is 2.37. The molecule has 1 aliphatic carbocycles. The number of nitrogens with zero attached hydrogens (tertiary/aromatic N) is 6. The zero-order valence-corrected chi connectivity index (χ0v) is 19.8. The third-order valence-corrected chi connectivity index (χ3v) is 6.81. The number of rotatable bonds is 7. The smallest absolute Gasteiger partial charge is 0.422 e. The molecule has 9 nitrogen and oxygen atoms in total. The number of anilines is 2. The van der Waals surface area contributed by atoms with E-state index in [0.717, 1.165) is 37.2 Å². The van der Waals surface area contributed by atoms with E-state index in [0.29, 0.717) is 29.3 Å². The molecular formula is C23H28F3N7O2. The molecule has 2 unspecified atom stereocenters. The van der Waals surface area contributed by atoms with Crippen LogP contribution in [0.25, 0.3) is 5.65 Å². The molecule has 0 radical (unpaired) electrons. The van der Waals surface area contributed by atoms with Crippen molar-refractivity contribution in [3.63, 3.8) is 0 Å². The number of pyridine rings is 1. The summed E-state index contributed by atoms with van der Waals surface area (Å²) in [7, 11) is 1.57. The summed E-state index contributed by atoms with van der Waals surface area (Å²) >= 11 is 0. The second kappa shape index (κ2) is 9.04. The van der Waals surface area contributed by atoms with Crippen LogP contribution in [0.1, 0.15) is 38.2 Å². The van der Waals surface area contributed by atoms with Gasteiger partial charge in [0.2, 0.25) is 17.7 Å². The van der Waals surface area contributed by atoms with Crippen molar-refractivity contribution >= 4 is 17.3 Å². The summed E-state index contributed by atoms with van der Waals surface area (Å²) in [6.07, 6.45) is -0.556. The molecule has 1 saturated carbocycles. The van der Waals surface area contributed by atoms with E-state index >= 15 is 0 Å². The van der Waals surface area contributed by atoms with Crippen LogP contribution in [0.15, 0.2) is 24.4 Å². The number of halogens is 3. The standard InChI is InChI=1S/C23H28F3N7O2/c1-13(2)17-6-7-19(35-12-23(24,25)26)33-21(17)29-22(31-33)28-20-14-4-5-15(20)11-32(10-14)16-8-18(34-3)30-27-9-16/h6-9,13-15,20H,4-5,10-12H2,1-3H3,(H,28,31)/t14-,15?,20?/m1/s1. The summed E-state index contributed by atoms with van der Waals surface area (Å²) in [6.45, 7) is 4.31. The molecule has 0 aromatic carbocycles. The van der Waals surface area contributed by atoms with Gasteiger partial charge in [0, 0.05) is 31.3 Å². The first-order valence-corrected chi connectivity index (χ1v) is 11.7. The number of hydrogen-bond acceptors (Lipinski definition) is 8. The molecule has 188 valence electrons. The van der Waals surface area contributed by atoms with E-state index < -0.39 is 12.8 Å². The summed E-state index contributed by atoms with van der Waals surface area (Å²) in [6, 6.07) is 5.33. The van der Waals surface area contributed by atoms with Crippen LogP contribution in [0.3, 0.4) is 0 Å². The first-order chi connectivity index (χ1) is 16.7. The minimum Gasteiger partial charge on any atom is -0.480 e. The van der Waals surface area contributed by atoms with E-state index in [2.05, 4.69) is 30.5 Å². The number of hydrogen-bond donors (Lipinski definition) is 1. The lowest BCUT2D eigenvalue weighted by Crippen LogP contribution is -2.48. The second-order valence-electron chi connectivity index (χ2n) is 9.49. The second-order valence-corrected chi connectivity index (χ2v) is 9.49. The quantitative estimate of drug-likeness (QED) is 0.532. The highest BCUT2D eigenvalue weighted by molar-refractivity contribution is 5.55. The third kappa shape index (κ3) is 4.78. The Morgan fingerprint density at radius 1 is 1.17 bits per heavy atom. The Bertz CT molecular complexity index is 1190. The highest BCUT2D eigenvalue weighted by Gasteiger charge is 2.43. The first kappa shape index (κ1) is 23.4. The summed E-state index contributed by atoms with van der Waals surface area (Å²) in [5, 5.41) is 16.0. The average Bonchev–Trinajstić information content (AvgIpc) is 3.33. The molecule has 2 bridgehead atoms. The van der Waals surface area contributed by atoms with Crippen molar-refractivity contribution in [3.8, 4) is 11.8 Å². The molecule has 1 saturated heterocycles. The van der Waals surface area contributed by atoms with Gasteiger partial charge in [-0.2, -0.15) is 27.8 Å². The topological polar surface area (TPSA) is 89.7 Å². The summed E-state index contributed by atoms with van der Waals surface area (Å²) < 4.78 is 49.9. The van der Waals surface area contributed by atoms with Gasteiger partial charge in [0.1, 0.15) is 0 Å². The van der Waals surface area contributed by atoms with Crippen LogP contribution in [-0.2, 0) is 0 Å². The fraction of sp³-hybridized carbons (Fsp3) is 0.565. The Balaban J connectivity index is 1.37. The fourth-order valence-electron chi connectivity index (χ4n) is 5.16. The minimum absolute atomic E-state index is 0.0131. The van der Waals surface area contributed by atoms with E-state index in [9.17, 15) is 13.2 Å². The molecule has 5 rings (SSSR count). The Hall–Kier alpha value is -3.31. The maximum absolute atomic E-state index is 12.8. The van der Waals surface area contributed by atoms with Crippen molar-refractivity contribution in [2.75, 3.05) is 37.0 Å². The van der Waals surface area contributed by atoms with E-state index in [1.54, 1.807) is 19.4 Å². The number of aromatic nitrogens is 5. The van der Waals surface area contributed by atoms with Crippen molar-refractivity contribution in [1.82, 2.24) is 24.8 Å². The molecule has 1 aliphatic heterocycles. The number of nitrogens with one attached hydrogen (secondary N) is 1. The van der Waals surface area contributed by atoms with Gasteiger partial charge < -0.3 is 19.7 Å². The Morgan fingerprint density at radius 2 is 1.91 bits per heavy atom. The lowest BCUT2D eigenvalue weighted by atomic mass is 9.92. The van der Waals surface area contributed by atoms with Crippen molar-refractivity contribution in [3.05, 3.63) is 30.0 Å². The van der Waals surface area contributed by atoms with Crippen LogP contribution in [0.2, 0.25) is 0 Å². The molecular weight excluding hydrogens is 463 g/mol. The van der Waals surface area contributed by atoms with Gasteiger partial charge in [-0.1, -0.05) is 13.8 Å². The fourth-order valence-corrected chi connectivity index (χ4v) is 5.16. The molecule has 2 fully saturated rings. The predicted octanol–water partition coefficient (Wildman–Crippen LogP) is 3.92. The molecule has 3 aromatic heterocycles. The van der Waals surface area contributed by atoms with Gasteiger partial charge in [-0.15, -0.1) is 10.2 Å². The number of fused-ring (bicyclic) bond motifs is 3. The van der Waals surface area contributed by atoms with Crippen LogP contribution in [-0.4, -0.2) is 63.8 Å². The maximum Gasteiger partial charge on any atom is 0.422 e. The largest absolute Gasteiger partial charge is 0.480 e. The van der Waals surface area contributed by atoms with E-state index in [1.807, 2.05) is 19.9 Å². The number of methoxy groups -OCH3 is 1. The van der Waals surface area contributed by atoms with Gasteiger partial charge in [0.15, 0.2) is 12.3 Å². The van der Waals surface area contributed by atoms with Gasteiger partial charge in [-0.3, -0.25) is 0 Å². The molecule has 2 aliphatic rings. The van der Waals surface area contributed by atoms with Crippen LogP contribution in [0.4, 0.5) is 24.8 Å². The zero-order valence-electron chi connectivity index (χ0n) is 19.8. The van der Waals surface area contributed by atoms with Crippen molar-refractivity contribution in [1.29, 1.82) is 0 Å². The van der Waals surface area contributed by atoms with Crippen molar-refractivity contribution in [2.24, 2.45) is 11.8 Å². The van der Waals surface area contributed by atoms with Crippen molar-refractivity contribution < 1.29 is 22.6 Å². The number of ether oxygens (including phenoxy) is 2. The lowest BCUT2D eigenvalue weighted by molar-refractivity contribution is -0.154.